The number of amides is 1. The molecule has 0 unspecified atom stereocenters. The van der Waals surface area contributed by atoms with E-state index in [1.54, 1.807) is 36.4 Å². The van der Waals surface area contributed by atoms with E-state index >= 15 is 0 Å². The Kier molecular flexibility index (Phi) is 9.16. The molecule has 6 aromatic rings. The first-order valence-corrected chi connectivity index (χ1v) is 18.6. The van der Waals surface area contributed by atoms with Crippen molar-refractivity contribution in [3.8, 4) is 28.4 Å². The first kappa shape index (κ1) is 34.2. The maximum Gasteiger partial charge on any atom is 0.296 e. The van der Waals surface area contributed by atoms with Gasteiger partial charge in [-0.2, -0.15) is 13.4 Å². The zero-order chi connectivity index (χ0) is 36.0. The molecule has 2 aliphatic rings. The number of nitrogens with one attached hydrogen (secondary N) is 2. The number of aryl methyl sites for hydroxylation is 1. The van der Waals surface area contributed by atoms with E-state index in [0.29, 0.717) is 52.2 Å². The number of imidazole rings is 1. The van der Waals surface area contributed by atoms with Crippen LogP contribution in [0.5, 0.6) is 6.01 Å². The smallest absolute Gasteiger partial charge is 0.296 e. The molecule has 1 amide bonds. The van der Waals surface area contributed by atoms with Crippen molar-refractivity contribution in [2.45, 2.75) is 42.2 Å². The number of pyridine rings is 1. The van der Waals surface area contributed by atoms with Crippen LogP contribution in [0.25, 0.3) is 44.3 Å². The largest absolute Gasteiger partial charge is 0.456 e. The molecule has 8 rings (SSSR count). The Bertz CT molecular complexity index is 2400. The Morgan fingerprint density at radius 2 is 1.60 bits per heavy atom. The van der Waals surface area contributed by atoms with Crippen LogP contribution in [0.1, 0.15) is 22.3 Å². The van der Waals surface area contributed by atoms with Crippen LogP contribution in [0.3, 0.4) is 0 Å². The Morgan fingerprint density at radius 3 is 2.37 bits per heavy atom. The van der Waals surface area contributed by atoms with Crippen LogP contribution in [0, 0.1) is 0 Å². The highest BCUT2D eigenvalue weighted by Crippen LogP contribution is 2.33. The fourth-order valence-corrected chi connectivity index (χ4v) is 7.82. The van der Waals surface area contributed by atoms with Crippen LogP contribution in [-0.2, 0) is 26.0 Å². The van der Waals surface area contributed by atoms with Gasteiger partial charge in [0.05, 0.1) is 29.4 Å². The molecule has 4 heterocycles. The second-order valence-electron chi connectivity index (χ2n) is 12.8. The monoisotopic (exact) mass is 740 g/mol. The van der Waals surface area contributed by atoms with E-state index in [9.17, 15) is 22.9 Å². The lowest BCUT2D eigenvalue weighted by Crippen LogP contribution is -2.34. The summed E-state index contributed by atoms with van der Waals surface area (Å²) in [5, 5.41) is 14.6. The van der Waals surface area contributed by atoms with Gasteiger partial charge in [0.15, 0.2) is 11.8 Å². The van der Waals surface area contributed by atoms with Crippen molar-refractivity contribution in [2.24, 2.45) is 0 Å². The van der Waals surface area contributed by atoms with Gasteiger partial charge >= 0.3 is 0 Å². The average Bonchev–Trinajstić information content (AvgIpc) is 3.85. The highest BCUT2D eigenvalue weighted by Gasteiger charge is 2.48. The molecule has 2 aromatic heterocycles. The molecule has 12 nitrogen and oxygen atoms in total. The second kappa shape index (κ2) is 13.9. The highest BCUT2D eigenvalue weighted by atomic mass is 35.5. The normalized spacial score (nSPS) is 20.0. The number of fused-ring (bicyclic) bond motifs is 3. The number of aliphatic hydroxyl groups is 1. The predicted molar refractivity (Wildman–Crippen MR) is 194 cm³/mol. The molecule has 4 atom stereocenters. The van der Waals surface area contributed by atoms with E-state index in [0.717, 1.165) is 27.6 Å². The molecule has 266 valence electrons. The Balaban J connectivity index is 0.881. The van der Waals surface area contributed by atoms with Gasteiger partial charge < -0.3 is 29.6 Å². The van der Waals surface area contributed by atoms with Crippen LogP contribution < -0.4 is 10.1 Å². The summed E-state index contributed by atoms with van der Waals surface area (Å²) in [5.74, 6) is -0.192. The summed E-state index contributed by atoms with van der Waals surface area (Å²) in [6.07, 6.45) is -0.586. The highest BCUT2D eigenvalue weighted by molar-refractivity contribution is 7.86. The molecule has 4 aromatic carbocycles. The maximum atomic E-state index is 12.9. The standard InChI is InChI=1S/C38H33ClN4O8S/c39-28-18-29-36(43-38(41-29)51-31-20-50-34-30(44)19-49-35(31)34)42-33(28)24-13-9-21(10-14-24)22-11-15-25(16-12-22)37(45)40-17-3-5-23-4-1-7-27-26(23)6-2-8-32(27)52(46,47)48/h1-2,4,6-16,18,30-31,34-35,44H,3,5,17,19-20H2,(H,40,45)(H,41,42,43)(H,46,47,48)/t30-,31-,34-,35-/m1/s1. The molecular weight excluding hydrogens is 708 g/mol. The fourth-order valence-electron chi connectivity index (χ4n) is 6.85. The molecule has 0 radical (unpaired) electrons. The number of aliphatic hydroxyl groups excluding tert-OH is 1. The lowest BCUT2D eigenvalue weighted by Gasteiger charge is -2.15. The number of hydrogen-bond acceptors (Lipinski definition) is 9. The summed E-state index contributed by atoms with van der Waals surface area (Å²) < 4.78 is 50.5. The number of ether oxygens (including phenoxy) is 3. The Hall–Kier alpha value is -4.89. The zero-order valence-corrected chi connectivity index (χ0v) is 29.1. The molecule has 2 fully saturated rings. The van der Waals surface area contributed by atoms with Crippen molar-refractivity contribution < 1.29 is 37.1 Å². The van der Waals surface area contributed by atoms with Crippen molar-refractivity contribution >= 4 is 49.6 Å². The minimum Gasteiger partial charge on any atom is -0.456 e. The third kappa shape index (κ3) is 6.74. The van der Waals surface area contributed by atoms with E-state index < -0.39 is 28.4 Å². The SMILES string of the molecule is O=C(NCCCc1cccc2c(S(=O)(=O)O)cccc12)c1ccc(-c2ccc(-c3nc4nc(O[C@@H]5CO[C@H]6[C@@H]5OC[C@H]6O)[nH]c4cc3Cl)cc2)cc1. The lowest BCUT2D eigenvalue weighted by molar-refractivity contribution is 0.00706. The minimum absolute atomic E-state index is 0.120. The van der Waals surface area contributed by atoms with Crippen molar-refractivity contribution in [3.63, 3.8) is 0 Å². The number of aromatic nitrogens is 3. The molecule has 2 saturated heterocycles. The number of halogens is 1. The van der Waals surface area contributed by atoms with E-state index in [2.05, 4.69) is 15.3 Å². The molecule has 0 spiro atoms. The molecule has 0 bridgehead atoms. The third-order valence-corrected chi connectivity index (χ3v) is 10.6. The topological polar surface area (TPSA) is 173 Å². The number of aromatic amines is 1. The van der Waals surface area contributed by atoms with Gasteiger partial charge in [-0.05, 0) is 59.2 Å². The van der Waals surface area contributed by atoms with Gasteiger partial charge in [-0.25, -0.2) is 4.98 Å². The van der Waals surface area contributed by atoms with Crippen LogP contribution in [0.2, 0.25) is 5.02 Å². The van der Waals surface area contributed by atoms with Gasteiger partial charge in [0, 0.05) is 23.1 Å². The second-order valence-corrected chi connectivity index (χ2v) is 14.6. The van der Waals surface area contributed by atoms with Crippen molar-refractivity contribution in [1.29, 1.82) is 0 Å². The number of benzene rings is 4. The van der Waals surface area contributed by atoms with Crippen molar-refractivity contribution in [1.82, 2.24) is 20.3 Å². The summed E-state index contributed by atoms with van der Waals surface area (Å²) in [6.45, 7) is 0.927. The number of rotatable bonds is 10. The summed E-state index contributed by atoms with van der Waals surface area (Å²) >= 11 is 6.65. The summed E-state index contributed by atoms with van der Waals surface area (Å²) in [7, 11) is -4.34. The summed E-state index contributed by atoms with van der Waals surface area (Å²) in [6, 6.07) is 27.3. The van der Waals surface area contributed by atoms with Crippen LogP contribution in [-0.4, -0.2) is 83.1 Å². The van der Waals surface area contributed by atoms with Gasteiger partial charge in [0.1, 0.15) is 23.2 Å². The number of carbonyl (C=O) groups is 1. The average molecular weight is 741 g/mol. The molecule has 0 aliphatic carbocycles. The minimum atomic E-state index is -4.34. The first-order chi connectivity index (χ1) is 25.1. The quantitative estimate of drug-likeness (QED) is 0.102. The Labute approximate surface area is 303 Å². The number of H-pyrrole nitrogens is 1. The summed E-state index contributed by atoms with van der Waals surface area (Å²) in [5.41, 5.74) is 5.79. The Morgan fingerprint density at radius 1 is 0.904 bits per heavy atom. The van der Waals surface area contributed by atoms with Gasteiger partial charge in [-0.1, -0.05) is 78.3 Å². The molecule has 4 N–H and O–H groups in total. The van der Waals surface area contributed by atoms with Crippen LogP contribution in [0.4, 0.5) is 0 Å². The lowest BCUT2D eigenvalue weighted by atomic mass is 10.0. The fraction of sp³-hybridized carbons (Fsp3) is 0.237. The molecular formula is C38H33ClN4O8S. The first-order valence-electron chi connectivity index (χ1n) is 16.7. The maximum absolute atomic E-state index is 12.9. The zero-order valence-electron chi connectivity index (χ0n) is 27.5. The molecule has 14 heteroatoms. The number of nitrogens with zero attached hydrogens (tertiary/aromatic N) is 2. The van der Waals surface area contributed by atoms with E-state index in [1.807, 2.05) is 48.5 Å². The van der Waals surface area contributed by atoms with Crippen LogP contribution >= 0.6 is 11.6 Å². The van der Waals surface area contributed by atoms with Crippen molar-refractivity contribution in [2.75, 3.05) is 19.8 Å². The third-order valence-electron chi connectivity index (χ3n) is 9.45. The van der Waals surface area contributed by atoms with Gasteiger partial charge in [0.2, 0.25) is 0 Å². The molecule has 52 heavy (non-hydrogen) atoms. The van der Waals surface area contributed by atoms with Crippen molar-refractivity contribution in [3.05, 3.63) is 107 Å². The number of hydrogen-bond donors (Lipinski definition) is 4. The molecule has 2 aliphatic heterocycles. The summed E-state index contributed by atoms with van der Waals surface area (Å²) in [4.78, 5) is 25.1. The van der Waals surface area contributed by atoms with Gasteiger partial charge in [0.25, 0.3) is 22.0 Å². The van der Waals surface area contributed by atoms with E-state index in [1.165, 1.54) is 6.07 Å². The van der Waals surface area contributed by atoms with Gasteiger partial charge in [-0.3, -0.25) is 9.35 Å². The van der Waals surface area contributed by atoms with Crippen LogP contribution in [0.15, 0.2) is 95.9 Å². The number of carbonyl (C=O) groups excluding carboxylic acids is 1. The predicted octanol–water partition coefficient (Wildman–Crippen LogP) is 5.61. The van der Waals surface area contributed by atoms with E-state index in [-0.39, 0.29) is 36.1 Å². The van der Waals surface area contributed by atoms with Gasteiger partial charge in [-0.15, -0.1) is 0 Å². The van der Waals surface area contributed by atoms with E-state index in [4.69, 9.17) is 30.8 Å². The molecule has 0 saturated carbocycles.